The van der Waals surface area contributed by atoms with Crippen LogP contribution in [0.25, 0.3) is 10.8 Å². The van der Waals surface area contributed by atoms with E-state index < -0.39 is 52.7 Å². The van der Waals surface area contributed by atoms with Gasteiger partial charge in [0.25, 0.3) is 24.0 Å². The molecule has 7 nitrogen and oxygen atoms in total. The minimum Gasteiger partial charge on any atom is -0.490 e. The van der Waals surface area contributed by atoms with Crippen LogP contribution in [0.1, 0.15) is 43.4 Å². The van der Waals surface area contributed by atoms with Gasteiger partial charge in [-0.05, 0) is 19.8 Å². The summed E-state index contributed by atoms with van der Waals surface area (Å²) in [6, 6.07) is 2.65. The van der Waals surface area contributed by atoms with Gasteiger partial charge in [0, 0.05) is 18.8 Å². The molecule has 1 aliphatic carbocycles. The number of aryl methyl sites for hydroxylation is 1. The van der Waals surface area contributed by atoms with Crippen molar-refractivity contribution in [2.45, 2.75) is 44.2 Å². The van der Waals surface area contributed by atoms with E-state index in [2.05, 4.69) is 10.4 Å². The van der Waals surface area contributed by atoms with Crippen LogP contribution in [0.5, 0.6) is 5.75 Å². The van der Waals surface area contributed by atoms with E-state index in [0.717, 1.165) is 28.6 Å². The van der Waals surface area contributed by atoms with Crippen molar-refractivity contribution in [1.82, 2.24) is 14.3 Å². The number of halogens is 5. The summed E-state index contributed by atoms with van der Waals surface area (Å²) in [5.41, 5.74) is -4.17. The predicted octanol–water partition coefficient (Wildman–Crippen LogP) is 4.11. The van der Waals surface area contributed by atoms with Gasteiger partial charge in [-0.15, -0.1) is 0 Å². The standard InChI is InChI=1S/C22H21F5N4O3/c1-10(11-5-4-6-12(15(11)23)17(24)25)28-18-13-9-31(22(7-8-22)21(26)27)20(33)16(34-3)14(13)19(32)30(2)29-18/h4-6,9-10,17,21H,7-8H2,1-3H3,(H,28,29). The van der Waals surface area contributed by atoms with Crippen LogP contribution < -0.4 is 21.2 Å². The van der Waals surface area contributed by atoms with Crippen LogP contribution in [0.4, 0.5) is 27.8 Å². The summed E-state index contributed by atoms with van der Waals surface area (Å²) in [6.07, 6.45) is -4.63. The molecule has 34 heavy (non-hydrogen) atoms. The Bertz CT molecular complexity index is 1380. The van der Waals surface area contributed by atoms with E-state index in [4.69, 9.17) is 4.74 Å². The number of aromatic nitrogens is 3. The molecule has 3 aromatic rings. The summed E-state index contributed by atoms with van der Waals surface area (Å²) in [5.74, 6) is -1.56. The Hall–Kier alpha value is -3.44. The second-order valence-electron chi connectivity index (χ2n) is 8.22. The van der Waals surface area contributed by atoms with E-state index in [-0.39, 0.29) is 35.0 Å². The topological polar surface area (TPSA) is 78.2 Å². The summed E-state index contributed by atoms with van der Waals surface area (Å²) in [5, 5.41) is 6.78. The third-order valence-electron chi connectivity index (χ3n) is 6.15. The number of rotatable bonds is 7. The largest absolute Gasteiger partial charge is 0.490 e. The van der Waals surface area contributed by atoms with Crippen LogP contribution in [0.3, 0.4) is 0 Å². The summed E-state index contributed by atoms with van der Waals surface area (Å²) in [6.45, 7) is 1.49. The van der Waals surface area contributed by atoms with Gasteiger partial charge in [-0.1, -0.05) is 18.2 Å². The van der Waals surface area contributed by atoms with Crippen LogP contribution in [-0.4, -0.2) is 27.9 Å². The first kappa shape index (κ1) is 23.7. The van der Waals surface area contributed by atoms with Gasteiger partial charge in [0.2, 0.25) is 0 Å². The lowest BCUT2D eigenvalue weighted by molar-refractivity contribution is 0.0650. The van der Waals surface area contributed by atoms with E-state index in [1.807, 2.05) is 0 Å². The van der Waals surface area contributed by atoms with Crippen LogP contribution in [-0.2, 0) is 12.6 Å². The van der Waals surface area contributed by atoms with E-state index >= 15 is 0 Å². The van der Waals surface area contributed by atoms with Crippen molar-refractivity contribution in [3.63, 3.8) is 0 Å². The van der Waals surface area contributed by atoms with Gasteiger partial charge in [-0.2, -0.15) is 5.10 Å². The Morgan fingerprint density at radius 2 is 1.76 bits per heavy atom. The lowest BCUT2D eigenvalue weighted by Gasteiger charge is -2.22. The second-order valence-corrected chi connectivity index (χ2v) is 8.22. The molecule has 1 unspecified atom stereocenters. The molecule has 1 saturated carbocycles. The normalized spacial score (nSPS) is 15.7. The van der Waals surface area contributed by atoms with Crippen molar-refractivity contribution in [3.8, 4) is 5.75 Å². The zero-order chi connectivity index (χ0) is 24.9. The average Bonchev–Trinajstić information content (AvgIpc) is 3.58. The fourth-order valence-corrected chi connectivity index (χ4v) is 4.07. The summed E-state index contributed by atoms with van der Waals surface area (Å²) >= 11 is 0. The molecule has 0 amide bonds. The lowest BCUT2D eigenvalue weighted by atomic mass is 10.0. The average molecular weight is 484 g/mol. The fourth-order valence-electron chi connectivity index (χ4n) is 4.07. The number of nitrogens with zero attached hydrogens (tertiary/aromatic N) is 3. The van der Waals surface area contributed by atoms with Gasteiger partial charge in [-0.3, -0.25) is 14.2 Å². The van der Waals surface area contributed by atoms with Crippen molar-refractivity contribution < 1.29 is 26.7 Å². The molecule has 1 aliphatic rings. The van der Waals surface area contributed by atoms with E-state index in [9.17, 15) is 31.5 Å². The predicted molar refractivity (Wildman–Crippen MR) is 114 cm³/mol. The van der Waals surface area contributed by atoms with Crippen molar-refractivity contribution >= 4 is 16.6 Å². The number of pyridine rings is 1. The highest BCUT2D eigenvalue weighted by atomic mass is 19.3. The molecule has 1 atom stereocenters. The molecule has 1 aromatic carbocycles. The van der Waals surface area contributed by atoms with Gasteiger partial charge >= 0.3 is 0 Å². The Morgan fingerprint density at radius 3 is 2.32 bits per heavy atom. The first-order valence-corrected chi connectivity index (χ1v) is 10.4. The Labute approximate surface area is 189 Å². The molecule has 0 bridgehead atoms. The van der Waals surface area contributed by atoms with Gasteiger partial charge in [0.1, 0.15) is 16.7 Å². The molecular formula is C22H21F5N4O3. The zero-order valence-electron chi connectivity index (χ0n) is 18.4. The van der Waals surface area contributed by atoms with Crippen LogP contribution in [0, 0.1) is 5.82 Å². The minimum absolute atomic E-state index is 0.00347. The molecule has 0 radical (unpaired) electrons. The van der Waals surface area contributed by atoms with Crippen molar-refractivity contribution in [3.05, 3.63) is 62.0 Å². The lowest BCUT2D eigenvalue weighted by Crippen LogP contribution is -2.37. The number of methoxy groups -OCH3 is 1. The molecule has 2 heterocycles. The van der Waals surface area contributed by atoms with Gasteiger partial charge < -0.3 is 10.1 Å². The number of ether oxygens (including phenoxy) is 1. The smallest absolute Gasteiger partial charge is 0.294 e. The maximum Gasteiger partial charge on any atom is 0.294 e. The minimum atomic E-state index is -3.02. The van der Waals surface area contributed by atoms with Gasteiger partial charge in [0.15, 0.2) is 11.6 Å². The number of nitrogens with one attached hydrogen (secondary N) is 1. The molecule has 182 valence electrons. The van der Waals surface area contributed by atoms with Gasteiger partial charge in [-0.25, -0.2) is 26.6 Å². The maximum absolute atomic E-state index is 14.7. The van der Waals surface area contributed by atoms with E-state index in [1.165, 1.54) is 26.1 Å². The van der Waals surface area contributed by atoms with Crippen molar-refractivity contribution in [2.24, 2.45) is 7.05 Å². The van der Waals surface area contributed by atoms with Crippen molar-refractivity contribution in [1.29, 1.82) is 0 Å². The number of anilines is 1. The SMILES string of the molecule is COc1c(=O)n(C2(C(F)F)CC2)cc2c(NC(C)c3cccc(C(F)F)c3F)nn(C)c(=O)c12. The van der Waals surface area contributed by atoms with Crippen LogP contribution in [0.2, 0.25) is 0 Å². The first-order valence-electron chi connectivity index (χ1n) is 10.4. The van der Waals surface area contributed by atoms with Crippen LogP contribution >= 0.6 is 0 Å². The highest BCUT2D eigenvalue weighted by Gasteiger charge is 2.54. The Balaban J connectivity index is 1.92. The molecule has 12 heteroatoms. The monoisotopic (exact) mass is 484 g/mol. The highest BCUT2D eigenvalue weighted by Crippen LogP contribution is 2.48. The molecule has 1 N–H and O–H groups in total. The number of benzene rings is 1. The summed E-state index contributed by atoms with van der Waals surface area (Å²) in [7, 11) is 2.45. The molecule has 0 saturated heterocycles. The maximum atomic E-state index is 14.7. The Morgan fingerprint density at radius 1 is 1.12 bits per heavy atom. The Kier molecular flexibility index (Phi) is 5.86. The first-order chi connectivity index (χ1) is 16.0. The number of alkyl halides is 4. The molecule has 2 aromatic heterocycles. The third kappa shape index (κ3) is 3.61. The van der Waals surface area contributed by atoms with E-state index in [0.29, 0.717) is 0 Å². The van der Waals surface area contributed by atoms with E-state index in [1.54, 1.807) is 0 Å². The summed E-state index contributed by atoms with van der Waals surface area (Å²) < 4.78 is 75.5. The third-order valence-corrected chi connectivity index (χ3v) is 6.15. The summed E-state index contributed by atoms with van der Waals surface area (Å²) in [4.78, 5) is 25.8. The van der Waals surface area contributed by atoms with Crippen LogP contribution in [0.15, 0.2) is 34.0 Å². The molecular weight excluding hydrogens is 463 g/mol. The molecule has 4 rings (SSSR count). The van der Waals surface area contributed by atoms with Gasteiger partial charge in [0.05, 0.1) is 24.1 Å². The zero-order valence-corrected chi connectivity index (χ0v) is 18.4. The molecule has 0 spiro atoms. The highest BCUT2D eigenvalue weighted by molar-refractivity contribution is 5.94. The van der Waals surface area contributed by atoms with Crippen molar-refractivity contribution in [2.75, 3.05) is 12.4 Å². The number of fused-ring (bicyclic) bond motifs is 1. The fraction of sp³-hybridized carbons (Fsp3) is 0.409. The molecule has 0 aliphatic heterocycles. The quantitative estimate of drug-likeness (QED) is 0.511. The molecule has 1 fully saturated rings. The number of hydrogen-bond donors (Lipinski definition) is 1. The number of hydrogen-bond acceptors (Lipinski definition) is 5. The second kappa shape index (κ2) is 8.41.